The van der Waals surface area contributed by atoms with Gasteiger partial charge >= 0.3 is 0 Å². The maximum absolute atomic E-state index is 12.3. The molecule has 0 radical (unpaired) electrons. The van der Waals surface area contributed by atoms with Crippen LogP contribution in [0.2, 0.25) is 0 Å². The number of nitrogens with one attached hydrogen (secondary N) is 1. The summed E-state index contributed by atoms with van der Waals surface area (Å²) in [5, 5.41) is 5.49. The van der Waals surface area contributed by atoms with Crippen molar-refractivity contribution in [2.45, 2.75) is 31.7 Å². The summed E-state index contributed by atoms with van der Waals surface area (Å²) < 4.78 is 0. The Hall–Kier alpha value is -2.36. The molecule has 1 heterocycles. The molecule has 1 saturated heterocycles. The minimum Gasteiger partial charge on any atom is -0.355 e. The first-order chi connectivity index (χ1) is 11.7. The summed E-state index contributed by atoms with van der Waals surface area (Å²) in [5.41, 5.74) is 1.25. The smallest absolute Gasteiger partial charge is 0.225 e. The maximum atomic E-state index is 12.3. The van der Waals surface area contributed by atoms with Crippen LogP contribution in [0.4, 0.5) is 0 Å². The first-order valence-electron chi connectivity index (χ1n) is 8.76. The quantitative estimate of drug-likeness (QED) is 0.919. The van der Waals surface area contributed by atoms with Crippen LogP contribution in [0.25, 0.3) is 10.8 Å². The molecule has 2 amide bonds. The third kappa shape index (κ3) is 3.01. The number of hydrogen-bond donors (Lipinski definition) is 1. The average Bonchev–Trinajstić information content (AvgIpc) is 3.37. The Labute approximate surface area is 141 Å². The van der Waals surface area contributed by atoms with Gasteiger partial charge in [0.15, 0.2) is 0 Å². The van der Waals surface area contributed by atoms with E-state index in [2.05, 4.69) is 35.6 Å². The van der Waals surface area contributed by atoms with Crippen LogP contribution < -0.4 is 5.32 Å². The Balaban J connectivity index is 1.33. The molecule has 0 unspecified atom stereocenters. The molecule has 4 nitrogen and oxygen atoms in total. The zero-order valence-corrected chi connectivity index (χ0v) is 13.7. The Morgan fingerprint density at radius 3 is 2.75 bits per heavy atom. The molecule has 124 valence electrons. The fourth-order valence-electron chi connectivity index (χ4n) is 3.62. The molecular weight excluding hydrogens is 300 g/mol. The van der Waals surface area contributed by atoms with Gasteiger partial charge in [-0.3, -0.25) is 9.59 Å². The van der Waals surface area contributed by atoms with Crippen LogP contribution in [0.3, 0.4) is 0 Å². The molecule has 2 aromatic carbocycles. The van der Waals surface area contributed by atoms with Gasteiger partial charge in [-0.05, 0) is 35.6 Å². The minimum atomic E-state index is -0.175. The molecule has 1 saturated carbocycles. The van der Waals surface area contributed by atoms with Gasteiger partial charge in [0.2, 0.25) is 11.8 Å². The van der Waals surface area contributed by atoms with E-state index in [0.29, 0.717) is 25.6 Å². The number of benzene rings is 2. The summed E-state index contributed by atoms with van der Waals surface area (Å²) in [6.45, 7) is 1.21. The number of carbonyl (C=O) groups is 2. The van der Waals surface area contributed by atoms with Crippen LogP contribution in [-0.2, 0) is 16.0 Å². The number of hydrogen-bond acceptors (Lipinski definition) is 2. The van der Waals surface area contributed by atoms with Crippen LogP contribution in [-0.4, -0.2) is 35.8 Å². The summed E-state index contributed by atoms with van der Waals surface area (Å²) in [5.74, 6) is -0.0101. The number of fused-ring (bicyclic) bond motifs is 1. The lowest BCUT2D eigenvalue weighted by molar-refractivity contribution is -0.129. The normalized spacial score (nSPS) is 20.6. The molecule has 0 spiro atoms. The van der Waals surface area contributed by atoms with Crippen LogP contribution in [0.15, 0.2) is 42.5 Å². The van der Waals surface area contributed by atoms with Crippen LogP contribution in [0.1, 0.15) is 24.8 Å². The van der Waals surface area contributed by atoms with Crippen LogP contribution in [0.5, 0.6) is 0 Å². The highest BCUT2D eigenvalue weighted by Gasteiger charge is 2.41. The zero-order valence-electron chi connectivity index (χ0n) is 13.7. The highest BCUT2D eigenvalue weighted by atomic mass is 16.2. The van der Waals surface area contributed by atoms with Gasteiger partial charge in [0.1, 0.15) is 0 Å². The summed E-state index contributed by atoms with van der Waals surface area (Å²) in [7, 11) is 0. The van der Waals surface area contributed by atoms with Crippen molar-refractivity contribution in [3.05, 3.63) is 48.0 Å². The molecule has 2 aromatic rings. The molecule has 1 atom stereocenters. The number of amides is 2. The number of carbonyl (C=O) groups excluding carboxylic acids is 2. The molecule has 2 aliphatic rings. The Bertz CT molecular complexity index is 777. The Morgan fingerprint density at radius 2 is 1.92 bits per heavy atom. The van der Waals surface area contributed by atoms with Gasteiger partial charge in [-0.15, -0.1) is 0 Å². The second kappa shape index (κ2) is 6.27. The first kappa shape index (κ1) is 15.2. The van der Waals surface area contributed by atoms with Gasteiger partial charge < -0.3 is 10.2 Å². The molecule has 1 aliphatic heterocycles. The van der Waals surface area contributed by atoms with E-state index in [1.165, 1.54) is 16.3 Å². The fourth-order valence-corrected chi connectivity index (χ4v) is 3.62. The second-order valence-corrected chi connectivity index (χ2v) is 6.86. The topological polar surface area (TPSA) is 49.4 Å². The van der Waals surface area contributed by atoms with E-state index in [9.17, 15) is 9.59 Å². The van der Waals surface area contributed by atoms with E-state index in [1.807, 2.05) is 17.0 Å². The van der Waals surface area contributed by atoms with E-state index >= 15 is 0 Å². The summed E-state index contributed by atoms with van der Waals surface area (Å²) in [6, 6.07) is 15.0. The van der Waals surface area contributed by atoms with Crippen LogP contribution in [0, 0.1) is 5.92 Å². The SMILES string of the molecule is O=C(NCCc1cccc2ccccc12)[C@H]1CC(=O)N(C2CC2)C1. The second-order valence-electron chi connectivity index (χ2n) is 6.86. The van der Waals surface area contributed by atoms with Gasteiger partial charge in [-0.25, -0.2) is 0 Å². The minimum absolute atomic E-state index is 0.0201. The van der Waals surface area contributed by atoms with Crippen molar-refractivity contribution >= 4 is 22.6 Å². The first-order valence-corrected chi connectivity index (χ1v) is 8.76. The summed E-state index contributed by atoms with van der Waals surface area (Å²) >= 11 is 0. The molecule has 1 N–H and O–H groups in total. The Morgan fingerprint density at radius 1 is 1.12 bits per heavy atom. The van der Waals surface area contributed by atoms with Crippen molar-refractivity contribution in [2.24, 2.45) is 5.92 Å². The highest BCUT2D eigenvalue weighted by Crippen LogP contribution is 2.32. The van der Waals surface area contributed by atoms with Gasteiger partial charge in [-0.1, -0.05) is 42.5 Å². The molecule has 0 bridgehead atoms. The van der Waals surface area contributed by atoms with Gasteiger partial charge in [-0.2, -0.15) is 0 Å². The number of nitrogens with zero attached hydrogens (tertiary/aromatic N) is 1. The predicted molar refractivity (Wildman–Crippen MR) is 93.5 cm³/mol. The third-order valence-electron chi connectivity index (χ3n) is 5.09. The van der Waals surface area contributed by atoms with Crippen molar-refractivity contribution in [3.8, 4) is 0 Å². The lowest BCUT2D eigenvalue weighted by Gasteiger charge is -2.15. The van der Waals surface area contributed by atoms with E-state index in [1.54, 1.807) is 0 Å². The lowest BCUT2D eigenvalue weighted by atomic mass is 10.0. The summed E-state index contributed by atoms with van der Waals surface area (Å²) in [6.07, 6.45) is 3.37. The third-order valence-corrected chi connectivity index (χ3v) is 5.09. The monoisotopic (exact) mass is 322 g/mol. The lowest BCUT2D eigenvalue weighted by Crippen LogP contribution is -2.34. The van der Waals surface area contributed by atoms with E-state index in [0.717, 1.165) is 19.3 Å². The average molecular weight is 322 g/mol. The maximum Gasteiger partial charge on any atom is 0.225 e. The zero-order chi connectivity index (χ0) is 16.5. The molecular formula is C20H22N2O2. The molecule has 24 heavy (non-hydrogen) atoms. The number of likely N-dealkylation sites (tertiary alicyclic amines) is 1. The molecule has 1 aliphatic carbocycles. The summed E-state index contributed by atoms with van der Waals surface area (Å²) in [4.78, 5) is 26.2. The van der Waals surface area contributed by atoms with E-state index in [4.69, 9.17) is 0 Å². The standard InChI is InChI=1S/C20H22N2O2/c23-19-12-16(13-22(19)17-8-9-17)20(24)21-11-10-15-6-3-5-14-4-1-2-7-18(14)15/h1-7,16-17H,8-13H2,(H,21,24)/t16-/m0/s1. The molecule has 0 aromatic heterocycles. The van der Waals surface area contributed by atoms with Gasteiger partial charge in [0.05, 0.1) is 5.92 Å². The Kier molecular flexibility index (Phi) is 3.97. The van der Waals surface area contributed by atoms with Gasteiger partial charge in [0, 0.05) is 25.6 Å². The van der Waals surface area contributed by atoms with Crippen molar-refractivity contribution in [1.82, 2.24) is 10.2 Å². The van der Waals surface area contributed by atoms with Crippen molar-refractivity contribution in [2.75, 3.05) is 13.1 Å². The largest absolute Gasteiger partial charge is 0.355 e. The predicted octanol–water partition coefficient (Wildman–Crippen LogP) is 2.51. The molecule has 4 heteroatoms. The van der Waals surface area contributed by atoms with E-state index < -0.39 is 0 Å². The van der Waals surface area contributed by atoms with Crippen molar-refractivity contribution in [1.29, 1.82) is 0 Å². The van der Waals surface area contributed by atoms with Crippen LogP contribution >= 0.6 is 0 Å². The van der Waals surface area contributed by atoms with Gasteiger partial charge in [0.25, 0.3) is 0 Å². The van der Waals surface area contributed by atoms with E-state index in [-0.39, 0.29) is 17.7 Å². The van der Waals surface area contributed by atoms with Crippen molar-refractivity contribution in [3.63, 3.8) is 0 Å². The highest BCUT2D eigenvalue weighted by molar-refractivity contribution is 5.89. The number of rotatable bonds is 5. The fraction of sp³-hybridized carbons (Fsp3) is 0.400. The molecule has 4 rings (SSSR count). The molecule has 2 fully saturated rings. The van der Waals surface area contributed by atoms with Crippen molar-refractivity contribution < 1.29 is 9.59 Å².